The van der Waals surface area contributed by atoms with E-state index in [9.17, 15) is 0 Å². The van der Waals surface area contributed by atoms with Gasteiger partial charge in [0.15, 0.2) is 0 Å². The predicted molar refractivity (Wildman–Crippen MR) is 74.8 cm³/mol. The van der Waals surface area contributed by atoms with E-state index >= 15 is 0 Å². The van der Waals surface area contributed by atoms with Crippen LogP contribution >= 0.6 is 0 Å². The molecule has 1 aliphatic heterocycles. The highest BCUT2D eigenvalue weighted by molar-refractivity contribution is 5.46. The van der Waals surface area contributed by atoms with Crippen LogP contribution in [0.15, 0.2) is 12.4 Å². The summed E-state index contributed by atoms with van der Waals surface area (Å²) in [6.45, 7) is 3.58. The van der Waals surface area contributed by atoms with Crippen molar-refractivity contribution in [2.24, 2.45) is 5.92 Å². The molecule has 2 rings (SSSR count). The van der Waals surface area contributed by atoms with Crippen LogP contribution in [0.4, 0.5) is 11.6 Å². The molecule has 2 N–H and O–H groups in total. The maximum absolute atomic E-state index is 8.51. The van der Waals surface area contributed by atoms with Crippen LogP contribution in [0.3, 0.4) is 0 Å². The van der Waals surface area contributed by atoms with Crippen molar-refractivity contribution < 1.29 is 0 Å². The smallest absolute Gasteiger partial charge is 0.132 e. The number of rotatable bonds is 6. The van der Waals surface area contributed by atoms with Crippen LogP contribution in [-0.4, -0.2) is 48.1 Å². The molecule has 0 bridgehead atoms. The fourth-order valence-electron chi connectivity index (χ4n) is 2.35. The lowest BCUT2D eigenvalue weighted by Crippen LogP contribution is -2.16. The minimum atomic E-state index is 0.255. The van der Waals surface area contributed by atoms with Crippen LogP contribution in [0.5, 0.6) is 0 Å². The molecule has 1 unspecified atom stereocenters. The van der Waals surface area contributed by atoms with Gasteiger partial charge in [0.05, 0.1) is 6.07 Å². The first-order valence-electron chi connectivity index (χ1n) is 6.63. The van der Waals surface area contributed by atoms with E-state index in [1.165, 1.54) is 25.8 Å². The number of hydrogen-bond donors (Lipinski definition) is 2. The van der Waals surface area contributed by atoms with Crippen molar-refractivity contribution in [3.63, 3.8) is 0 Å². The summed E-state index contributed by atoms with van der Waals surface area (Å²) in [5.41, 5.74) is 0. The number of nitrogens with one attached hydrogen (secondary N) is 2. The molecule has 19 heavy (non-hydrogen) atoms. The minimum absolute atomic E-state index is 0.255. The van der Waals surface area contributed by atoms with Crippen LogP contribution < -0.4 is 10.6 Å². The molecule has 6 nitrogen and oxygen atoms in total. The van der Waals surface area contributed by atoms with Gasteiger partial charge >= 0.3 is 0 Å². The van der Waals surface area contributed by atoms with Crippen molar-refractivity contribution in [2.75, 3.05) is 43.9 Å². The summed E-state index contributed by atoms with van der Waals surface area (Å²) in [7, 11) is 2.17. The highest BCUT2D eigenvalue weighted by Gasteiger charge is 2.18. The van der Waals surface area contributed by atoms with Gasteiger partial charge in [-0.3, -0.25) is 0 Å². The first-order chi connectivity index (χ1) is 9.28. The van der Waals surface area contributed by atoms with Gasteiger partial charge in [-0.05, 0) is 32.4 Å². The normalized spacial score (nSPS) is 19.1. The van der Waals surface area contributed by atoms with E-state index in [-0.39, 0.29) is 6.54 Å². The summed E-state index contributed by atoms with van der Waals surface area (Å²) in [4.78, 5) is 10.6. The van der Waals surface area contributed by atoms with Crippen molar-refractivity contribution in [3.8, 4) is 6.07 Å². The highest BCUT2D eigenvalue weighted by Crippen LogP contribution is 2.18. The van der Waals surface area contributed by atoms with E-state index in [4.69, 9.17) is 5.26 Å². The number of nitrogens with zero attached hydrogens (tertiary/aromatic N) is 4. The zero-order chi connectivity index (χ0) is 13.5. The van der Waals surface area contributed by atoms with Gasteiger partial charge in [-0.1, -0.05) is 0 Å². The first-order valence-corrected chi connectivity index (χ1v) is 6.63. The Morgan fingerprint density at radius 3 is 2.89 bits per heavy atom. The van der Waals surface area contributed by atoms with Crippen molar-refractivity contribution in [2.45, 2.75) is 12.8 Å². The standard InChI is InChI=1S/C13H20N6/c1-19-7-3-11(9-19)2-5-15-12-8-13(16-6-4-14)18-10-17-12/h8,10-11H,2-3,5-7,9H2,1H3,(H2,15,16,17,18). The largest absolute Gasteiger partial charge is 0.370 e. The molecule has 1 fully saturated rings. The molecule has 0 aliphatic carbocycles. The Balaban J connectivity index is 1.74. The minimum Gasteiger partial charge on any atom is -0.370 e. The van der Waals surface area contributed by atoms with Crippen molar-refractivity contribution >= 4 is 11.6 Å². The van der Waals surface area contributed by atoms with Crippen molar-refractivity contribution in [1.29, 1.82) is 5.26 Å². The van der Waals surface area contributed by atoms with Crippen LogP contribution in [0.25, 0.3) is 0 Å². The van der Waals surface area contributed by atoms with Crippen LogP contribution in [-0.2, 0) is 0 Å². The molecule has 6 heteroatoms. The molecule has 0 aromatic carbocycles. The van der Waals surface area contributed by atoms with E-state index in [1.807, 2.05) is 12.1 Å². The lowest BCUT2D eigenvalue weighted by atomic mass is 10.1. The second-order valence-electron chi connectivity index (χ2n) is 4.93. The van der Waals surface area contributed by atoms with Gasteiger partial charge in [-0.25, -0.2) is 9.97 Å². The second kappa shape index (κ2) is 6.90. The molecule has 0 saturated carbocycles. The predicted octanol–water partition coefficient (Wildman–Crippen LogP) is 1.17. The molecule has 1 atom stereocenters. The molecule has 102 valence electrons. The summed E-state index contributed by atoms with van der Waals surface area (Å²) in [6.07, 6.45) is 3.96. The third-order valence-corrected chi connectivity index (χ3v) is 3.36. The lowest BCUT2D eigenvalue weighted by molar-refractivity contribution is 0.390. The molecule has 1 aromatic heterocycles. The fourth-order valence-corrected chi connectivity index (χ4v) is 2.35. The molecule has 0 spiro atoms. The number of likely N-dealkylation sites (tertiary alicyclic amines) is 1. The first kappa shape index (κ1) is 13.6. The number of hydrogen-bond acceptors (Lipinski definition) is 6. The summed E-state index contributed by atoms with van der Waals surface area (Å²) in [5, 5.41) is 14.7. The Hall–Kier alpha value is -1.87. The van der Waals surface area contributed by atoms with E-state index < -0.39 is 0 Å². The Morgan fingerprint density at radius 1 is 1.42 bits per heavy atom. The molecule has 1 saturated heterocycles. The Bertz CT molecular complexity index is 441. The third kappa shape index (κ3) is 4.38. The van der Waals surface area contributed by atoms with Gasteiger partial charge in [0, 0.05) is 19.2 Å². The molecular formula is C13H20N6. The van der Waals surface area contributed by atoms with Crippen molar-refractivity contribution in [3.05, 3.63) is 12.4 Å². The van der Waals surface area contributed by atoms with Gasteiger partial charge in [-0.15, -0.1) is 0 Å². The molecule has 0 amide bonds. The maximum Gasteiger partial charge on any atom is 0.132 e. The SMILES string of the molecule is CN1CCC(CCNc2cc(NCC#N)ncn2)C1. The highest BCUT2D eigenvalue weighted by atomic mass is 15.1. The third-order valence-electron chi connectivity index (χ3n) is 3.36. The average molecular weight is 260 g/mol. The fraction of sp³-hybridized carbons (Fsp3) is 0.615. The molecular weight excluding hydrogens is 240 g/mol. The quantitative estimate of drug-likeness (QED) is 0.748. The van der Waals surface area contributed by atoms with Gasteiger partial charge in [0.25, 0.3) is 0 Å². The molecule has 0 radical (unpaired) electrons. The number of nitriles is 1. The molecule has 1 aliphatic rings. The summed E-state index contributed by atoms with van der Waals surface area (Å²) < 4.78 is 0. The van der Waals surface area contributed by atoms with Crippen LogP contribution in [0.1, 0.15) is 12.8 Å². The van der Waals surface area contributed by atoms with Gasteiger partial charge in [0.2, 0.25) is 0 Å². The topological polar surface area (TPSA) is 76.9 Å². The zero-order valence-electron chi connectivity index (χ0n) is 11.3. The van der Waals surface area contributed by atoms with Crippen LogP contribution in [0, 0.1) is 17.2 Å². The Labute approximate surface area is 113 Å². The Morgan fingerprint density at radius 2 is 2.21 bits per heavy atom. The molecule has 1 aromatic rings. The van der Waals surface area contributed by atoms with E-state index in [0.29, 0.717) is 5.82 Å². The number of aromatic nitrogens is 2. The average Bonchev–Trinajstić information content (AvgIpc) is 2.83. The van der Waals surface area contributed by atoms with E-state index in [1.54, 1.807) is 0 Å². The summed E-state index contributed by atoms with van der Waals surface area (Å²) >= 11 is 0. The summed E-state index contributed by atoms with van der Waals surface area (Å²) in [6, 6.07) is 3.85. The second-order valence-corrected chi connectivity index (χ2v) is 4.93. The molecule has 2 heterocycles. The van der Waals surface area contributed by atoms with Gasteiger partial charge in [0.1, 0.15) is 24.5 Å². The zero-order valence-corrected chi connectivity index (χ0v) is 11.3. The lowest BCUT2D eigenvalue weighted by Gasteiger charge is -2.11. The number of anilines is 2. The monoisotopic (exact) mass is 260 g/mol. The van der Waals surface area contributed by atoms with Crippen molar-refractivity contribution in [1.82, 2.24) is 14.9 Å². The van der Waals surface area contributed by atoms with Crippen LogP contribution in [0.2, 0.25) is 0 Å². The van der Waals surface area contributed by atoms with Gasteiger partial charge in [-0.2, -0.15) is 5.26 Å². The van der Waals surface area contributed by atoms with Gasteiger partial charge < -0.3 is 15.5 Å². The Kier molecular flexibility index (Phi) is 4.93. The summed E-state index contributed by atoms with van der Waals surface area (Å²) in [5.74, 6) is 2.27. The maximum atomic E-state index is 8.51. The van der Waals surface area contributed by atoms with E-state index in [2.05, 4.69) is 32.5 Å². The van der Waals surface area contributed by atoms with E-state index in [0.717, 1.165) is 24.7 Å².